The SMILES string of the molecule is CNC(=O)[C@@H](C#N)C(=O)CCc1nc2sc(C)c(C)c2c(=O)[nH]1. The molecule has 1 atom stereocenters. The average molecular weight is 332 g/mol. The molecule has 0 fully saturated rings. The Balaban J connectivity index is 2.20. The highest BCUT2D eigenvalue weighted by Crippen LogP contribution is 2.25. The first kappa shape index (κ1) is 16.8. The van der Waals surface area contributed by atoms with Crippen molar-refractivity contribution in [2.24, 2.45) is 5.92 Å². The lowest BCUT2D eigenvalue weighted by Crippen LogP contribution is -2.32. The zero-order valence-electron chi connectivity index (χ0n) is 13.0. The summed E-state index contributed by atoms with van der Waals surface area (Å²) in [5, 5.41) is 11.8. The Morgan fingerprint density at radius 2 is 2.13 bits per heavy atom. The predicted octanol–water partition coefficient (Wildman–Crippen LogP) is 0.989. The lowest BCUT2D eigenvalue weighted by Gasteiger charge is -2.06. The second-order valence-corrected chi connectivity index (χ2v) is 6.32. The Kier molecular flexibility index (Phi) is 4.91. The molecule has 2 heterocycles. The van der Waals surface area contributed by atoms with Gasteiger partial charge in [0.1, 0.15) is 10.7 Å². The van der Waals surface area contributed by atoms with Crippen LogP contribution in [0.5, 0.6) is 0 Å². The Morgan fingerprint density at radius 1 is 1.43 bits per heavy atom. The molecule has 1 amide bonds. The van der Waals surface area contributed by atoms with Crippen molar-refractivity contribution in [3.8, 4) is 6.07 Å². The summed E-state index contributed by atoms with van der Waals surface area (Å²) in [5.74, 6) is -2.07. The van der Waals surface area contributed by atoms with Gasteiger partial charge in [0.15, 0.2) is 11.7 Å². The maximum atomic E-state index is 12.1. The third kappa shape index (κ3) is 3.29. The Bertz CT molecular complexity index is 875. The van der Waals surface area contributed by atoms with Gasteiger partial charge in [-0.15, -0.1) is 11.3 Å². The molecule has 2 N–H and O–H groups in total. The molecule has 23 heavy (non-hydrogen) atoms. The molecule has 0 aliphatic heterocycles. The summed E-state index contributed by atoms with van der Waals surface area (Å²) in [4.78, 5) is 44.2. The van der Waals surface area contributed by atoms with Crippen LogP contribution in [0.1, 0.15) is 22.7 Å². The van der Waals surface area contributed by atoms with E-state index in [2.05, 4.69) is 15.3 Å². The summed E-state index contributed by atoms with van der Waals surface area (Å²) in [6, 6.07) is 1.69. The van der Waals surface area contributed by atoms with E-state index < -0.39 is 17.6 Å². The van der Waals surface area contributed by atoms with Gasteiger partial charge in [0.25, 0.3) is 5.56 Å². The van der Waals surface area contributed by atoms with Crippen molar-refractivity contribution < 1.29 is 9.59 Å². The maximum absolute atomic E-state index is 12.1. The molecule has 120 valence electrons. The van der Waals surface area contributed by atoms with Crippen molar-refractivity contribution >= 4 is 33.2 Å². The van der Waals surface area contributed by atoms with E-state index in [-0.39, 0.29) is 18.4 Å². The molecule has 0 saturated heterocycles. The molecule has 0 aliphatic carbocycles. The van der Waals surface area contributed by atoms with Crippen molar-refractivity contribution in [2.45, 2.75) is 26.7 Å². The first-order valence-electron chi connectivity index (χ1n) is 7.01. The van der Waals surface area contributed by atoms with Crippen LogP contribution in [0.3, 0.4) is 0 Å². The molecule has 0 aromatic carbocycles. The number of hydrogen-bond acceptors (Lipinski definition) is 6. The molecule has 2 aromatic heterocycles. The molecular weight excluding hydrogens is 316 g/mol. The highest BCUT2D eigenvalue weighted by Gasteiger charge is 2.25. The van der Waals surface area contributed by atoms with Crippen molar-refractivity contribution in [2.75, 3.05) is 7.05 Å². The number of nitriles is 1. The van der Waals surface area contributed by atoms with E-state index in [0.29, 0.717) is 16.0 Å². The van der Waals surface area contributed by atoms with E-state index in [0.717, 1.165) is 10.4 Å². The molecule has 0 bridgehead atoms. The van der Waals surface area contributed by atoms with Crippen LogP contribution in [0.15, 0.2) is 4.79 Å². The molecule has 0 spiro atoms. The highest BCUT2D eigenvalue weighted by molar-refractivity contribution is 7.18. The smallest absolute Gasteiger partial charge is 0.259 e. The number of nitrogens with one attached hydrogen (secondary N) is 2. The van der Waals surface area contributed by atoms with Gasteiger partial charge in [0, 0.05) is 24.8 Å². The van der Waals surface area contributed by atoms with E-state index in [1.165, 1.54) is 18.4 Å². The van der Waals surface area contributed by atoms with E-state index in [9.17, 15) is 14.4 Å². The third-order valence-electron chi connectivity index (χ3n) is 3.66. The molecule has 0 aliphatic rings. The lowest BCUT2D eigenvalue weighted by molar-refractivity contribution is -0.131. The topological polar surface area (TPSA) is 116 Å². The fourth-order valence-corrected chi connectivity index (χ4v) is 3.27. The monoisotopic (exact) mass is 332 g/mol. The minimum Gasteiger partial charge on any atom is -0.358 e. The van der Waals surface area contributed by atoms with E-state index in [4.69, 9.17) is 5.26 Å². The number of fused-ring (bicyclic) bond motifs is 1. The molecule has 7 nitrogen and oxygen atoms in total. The number of ketones is 1. The second kappa shape index (κ2) is 6.71. The van der Waals surface area contributed by atoms with Gasteiger partial charge in [-0.05, 0) is 19.4 Å². The predicted molar refractivity (Wildman–Crippen MR) is 86.2 cm³/mol. The number of aromatic amines is 1. The number of nitrogens with zero attached hydrogens (tertiary/aromatic N) is 2. The molecule has 0 unspecified atom stereocenters. The minimum atomic E-state index is -1.33. The number of amides is 1. The third-order valence-corrected chi connectivity index (χ3v) is 4.76. The van der Waals surface area contributed by atoms with Crippen LogP contribution in [0.25, 0.3) is 10.2 Å². The number of Topliss-reactive ketones (excluding diaryl/α,β-unsaturated/α-hetero) is 1. The first-order chi connectivity index (χ1) is 10.9. The van der Waals surface area contributed by atoms with Crippen molar-refractivity contribution in [1.82, 2.24) is 15.3 Å². The largest absolute Gasteiger partial charge is 0.358 e. The van der Waals surface area contributed by atoms with Gasteiger partial charge in [-0.3, -0.25) is 14.4 Å². The van der Waals surface area contributed by atoms with Gasteiger partial charge >= 0.3 is 0 Å². The van der Waals surface area contributed by atoms with Crippen molar-refractivity contribution in [3.63, 3.8) is 0 Å². The van der Waals surface area contributed by atoms with Crippen LogP contribution in [0, 0.1) is 31.1 Å². The maximum Gasteiger partial charge on any atom is 0.259 e. The normalized spacial score (nSPS) is 11.9. The second-order valence-electron chi connectivity index (χ2n) is 5.12. The number of rotatable bonds is 5. The van der Waals surface area contributed by atoms with Crippen molar-refractivity contribution in [1.29, 1.82) is 5.26 Å². The summed E-state index contributed by atoms with van der Waals surface area (Å²) in [6.45, 7) is 3.79. The zero-order valence-corrected chi connectivity index (χ0v) is 13.8. The van der Waals surface area contributed by atoms with Gasteiger partial charge in [0.2, 0.25) is 5.91 Å². The number of H-pyrrole nitrogens is 1. The Hall–Kier alpha value is -2.53. The van der Waals surface area contributed by atoms with Crippen LogP contribution in [0.4, 0.5) is 0 Å². The molecule has 0 radical (unpaired) electrons. The number of thiophene rings is 1. The zero-order chi connectivity index (χ0) is 17.1. The van der Waals surface area contributed by atoms with Gasteiger partial charge in [-0.2, -0.15) is 5.26 Å². The van der Waals surface area contributed by atoms with Gasteiger partial charge in [0.05, 0.1) is 11.5 Å². The summed E-state index contributed by atoms with van der Waals surface area (Å²) in [5.41, 5.74) is 0.674. The number of aromatic nitrogens is 2. The van der Waals surface area contributed by atoms with E-state index >= 15 is 0 Å². The molecular formula is C15H16N4O3S. The molecule has 8 heteroatoms. The number of carbonyl (C=O) groups excluding carboxylic acids is 2. The van der Waals surface area contributed by atoms with E-state index in [1.807, 2.05) is 13.8 Å². The molecule has 0 saturated carbocycles. The number of aryl methyl sites for hydroxylation is 3. The van der Waals surface area contributed by atoms with Crippen molar-refractivity contribution in [3.05, 3.63) is 26.6 Å². The number of carbonyl (C=O) groups is 2. The summed E-state index contributed by atoms with van der Waals surface area (Å²) < 4.78 is 0. The molecule has 2 aromatic rings. The molecule has 2 rings (SSSR count). The lowest BCUT2D eigenvalue weighted by atomic mass is 10.0. The first-order valence-corrected chi connectivity index (χ1v) is 7.83. The average Bonchev–Trinajstić information content (AvgIpc) is 2.80. The minimum absolute atomic E-state index is 0.0383. The van der Waals surface area contributed by atoms with Crippen LogP contribution in [0.2, 0.25) is 0 Å². The Morgan fingerprint density at radius 3 is 2.74 bits per heavy atom. The summed E-state index contributed by atoms with van der Waals surface area (Å²) in [6.07, 6.45) is 0.138. The quantitative estimate of drug-likeness (QED) is 0.792. The fourth-order valence-electron chi connectivity index (χ4n) is 2.22. The fraction of sp³-hybridized carbons (Fsp3) is 0.400. The van der Waals surface area contributed by atoms with Crippen LogP contribution in [-0.4, -0.2) is 28.7 Å². The summed E-state index contributed by atoms with van der Waals surface area (Å²) >= 11 is 1.43. The number of hydrogen-bond donors (Lipinski definition) is 2. The van der Waals surface area contributed by atoms with Crippen LogP contribution < -0.4 is 10.9 Å². The standard InChI is InChI=1S/C15H16N4O3S/c1-7-8(2)23-15-12(7)14(22)18-11(19-15)5-4-10(20)9(6-16)13(21)17-3/h9H,4-5H2,1-3H3,(H,17,21)(H,18,19,22)/t9-/m0/s1. The van der Waals surface area contributed by atoms with Gasteiger partial charge < -0.3 is 10.3 Å². The Labute approximate surface area is 136 Å². The van der Waals surface area contributed by atoms with Crippen LogP contribution in [-0.2, 0) is 16.0 Å². The summed E-state index contributed by atoms with van der Waals surface area (Å²) in [7, 11) is 1.37. The van der Waals surface area contributed by atoms with Gasteiger partial charge in [-0.1, -0.05) is 0 Å². The highest BCUT2D eigenvalue weighted by atomic mass is 32.1. The van der Waals surface area contributed by atoms with Gasteiger partial charge in [-0.25, -0.2) is 4.98 Å². The van der Waals surface area contributed by atoms with Crippen LogP contribution >= 0.6 is 11.3 Å². The van der Waals surface area contributed by atoms with E-state index in [1.54, 1.807) is 6.07 Å².